The minimum atomic E-state index is -0.00576. The van der Waals surface area contributed by atoms with Crippen LogP contribution in [0.25, 0.3) is 10.9 Å². The summed E-state index contributed by atoms with van der Waals surface area (Å²) in [7, 11) is 0. The van der Waals surface area contributed by atoms with Crippen LogP contribution in [0.5, 0.6) is 0 Å². The molecule has 0 aliphatic heterocycles. The Morgan fingerprint density at radius 2 is 2.25 bits per heavy atom. The largest absolute Gasteiger partial charge is 0.287 e. The number of rotatable bonds is 2. The average Bonchev–Trinajstić information content (AvgIpc) is 2.65. The Morgan fingerprint density at radius 1 is 1.50 bits per heavy atom. The molecule has 1 heterocycles. The number of para-hydroxylation sites is 1. The first-order valence-electron chi connectivity index (χ1n) is 4.87. The maximum absolute atomic E-state index is 11.4. The van der Waals surface area contributed by atoms with Gasteiger partial charge in [0.15, 0.2) is 0 Å². The highest BCUT2D eigenvalue weighted by Crippen LogP contribution is 2.21. The lowest BCUT2D eigenvalue weighted by Gasteiger charge is -1.97. The SMILES string of the molecule is CC(=O)n1cc(CN=C=S)c2ccccc21. The van der Waals surface area contributed by atoms with Crippen LogP contribution in [-0.2, 0) is 6.54 Å². The predicted molar refractivity (Wildman–Crippen MR) is 67.0 cm³/mol. The molecule has 0 N–H and O–H groups in total. The normalized spacial score (nSPS) is 10.1. The molecular weight excluding hydrogens is 220 g/mol. The van der Waals surface area contributed by atoms with Crippen LogP contribution >= 0.6 is 12.2 Å². The van der Waals surface area contributed by atoms with Gasteiger partial charge in [-0.25, -0.2) is 4.99 Å². The van der Waals surface area contributed by atoms with Gasteiger partial charge in [-0.05, 0) is 18.3 Å². The molecule has 0 saturated heterocycles. The fraction of sp³-hybridized carbons (Fsp3) is 0.167. The lowest BCUT2D eigenvalue weighted by molar-refractivity contribution is 0.0941. The molecule has 1 aromatic carbocycles. The maximum atomic E-state index is 11.4. The summed E-state index contributed by atoms with van der Waals surface area (Å²) in [4.78, 5) is 15.3. The van der Waals surface area contributed by atoms with E-state index in [2.05, 4.69) is 22.4 Å². The van der Waals surface area contributed by atoms with Crippen molar-refractivity contribution in [1.29, 1.82) is 0 Å². The van der Waals surface area contributed by atoms with Gasteiger partial charge < -0.3 is 0 Å². The number of carbonyl (C=O) groups excluding carboxylic acids is 1. The number of fused-ring (bicyclic) bond motifs is 1. The summed E-state index contributed by atoms with van der Waals surface area (Å²) in [5, 5.41) is 3.37. The van der Waals surface area contributed by atoms with Crippen molar-refractivity contribution < 1.29 is 4.79 Å². The Labute approximate surface area is 98.4 Å². The van der Waals surface area contributed by atoms with Gasteiger partial charge in [0.25, 0.3) is 0 Å². The van der Waals surface area contributed by atoms with Crippen LogP contribution < -0.4 is 0 Å². The molecule has 0 spiro atoms. The molecule has 0 bridgehead atoms. The van der Waals surface area contributed by atoms with E-state index in [0.717, 1.165) is 16.5 Å². The number of aliphatic imine (C=N–C) groups is 1. The van der Waals surface area contributed by atoms with Gasteiger partial charge in [0.1, 0.15) is 0 Å². The lowest BCUT2D eigenvalue weighted by Crippen LogP contribution is -2.02. The fourth-order valence-corrected chi connectivity index (χ4v) is 1.82. The molecular formula is C12H10N2OS. The topological polar surface area (TPSA) is 34.4 Å². The first kappa shape index (κ1) is 10.7. The number of isothiocyanates is 1. The Balaban J connectivity index is 2.66. The molecule has 3 nitrogen and oxygen atoms in total. The van der Waals surface area contributed by atoms with Crippen LogP contribution in [0.4, 0.5) is 0 Å². The van der Waals surface area contributed by atoms with Crippen molar-refractivity contribution in [2.75, 3.05) is 0 Å². The second-order valence-electron chi connectivity index (χ2n) is 3.47. The Bertz CT molecular complexity index is 594. The highest BCUT2D eigenvalue weighted by molar-refractivity contribution is 7.78. The second-order valence-corrected chi connectivity index (χ2v) is 3.65. The van der Waals surface area contributed by atoms with E-state index in [1.54, 1.807) is 11.5 Å². The first-order chi connectivity index (χ1) is 7.74. The van der Waals surface area contributed by atoms with Crippen molar-refractivity contribution in [3.8, 4) is 0 Å². The van der Waals surface area contributed by atoms with Gasteiger partial charge in [0.2, 0.25) is 5.91 Å². The summed E-state index contributed by atoms with van der Waals surface area (Å²) in [5.74, 6) is -0.00576. The predicted octanol–water partition coefficient (Wildman–Crippen LogP) is 2.90. The highest BCUT2D eigenvalue weighted by Gasteiger charge is 2.09. The van der Waals surface area contributed by atoms with Gasteiger partial charge in [-0.2, -0.15) is 0 Å². The fourth-order valence-electron chi connectivity index (χ4n) is 1.75. The van der Waals surface area contributed by atoms with E-state index in [1.165, 1.54) is 0 Å². The van der Waals surface area contributed by atoms with Gasteiger partial charge in [-0.3, -0.25) is 9.36 Å². The Morgan fingerprint density at radius 3 is 2.94 bits per heavy atom. The van der Waals surface area contributed by atoms with E-state index in [1.807, 2.05) is 30.5 Å². The van der Waals surface area contributed by atoms with E-state index < -0.39 is 0 Å². The van der Waals surface area contributed by atoms with Crippen LogP contribution in [0.15, 0.2) is 35.5 Å². The molecule has 0 fully saturated rings. The molecule has 1 aromatic heterocycles. The quantitative estimate of drug-likeness (QED) is 0.587. The van der Waals surface area contributed by atoms with Crippen LogP contribution in [0.3, 0.4) is 0 Å². The highest BCUT2D eigenvalue weighted by atomic mass is 32.1. The third-order valence-electron chi connectivity index (χ3n) is 2.45. The van der Waals surface area contributed by atoms with Gasteiger partial charge >= 0.3 is 0 Å². The zero-order chi connectivity index (χ0) is 11.5. The molecule has 0 radical (unpaired) electrons. The zero-order valence-corrected chi connectivity index (χ0v) is 9.62. The number of hydrogen-bond donors (Lipinski definition) is 0. The van der Waals surface area contributed by atoms with Crippen molar-refractivity contribution in [1.82, 2.24) is 4.57 Å². The van der Waals surface area contributed by atoms with Gasteiger partial charge in [-0.15, -0.1) is 0 Å². The van der Waals surface area contributed by atoms with Crippen molar-refractivity contribution >= 4 is 34.2 Å². The molecule has 80 valence electrons. The third-order valence-corrected chi connectivity index (χ3v) is 2.58. The van der Waals surface area contributed by atoms with Gasteiger partial charge in [-0.1, -0.05) is 18.2 Å². The number of carbonyl (C=O) groups is 1. The van der Waals surface area contributed by atoms with Crippen LogP contribution in [0, 0.1) is 0 Å². The average molecular weight is 230 g/mol. The van der Waals surface area contributed by atoms with Crippen molar-refractivity contribution in [3.05, 3.63) is 36.0 Å². The van der Waals surface area contributed by atoms with Crippen molar-refractivity contribution in [3.63, 3.8) is 0 Å². The number of benzene rings is 1. The molecule has 0 unspecified atom stereocenters. The van der Waals surface area contributed by atoms with Crippen molar-refractivity contribution in [2.45, 2.75) is 13.5 Å². The first-order valence-corrected chi connectivity index (χ1v) is 5.28. The van der Waals surface area contributed by atoms with Gasteiger partial charge in [0.05, 0.1) is 17.2 Å². The number of aromatic nitrogens is 1. The molecule has 0 atom stereocenters. The van der Waals surface area contributed by atoms with E-state index in [9.17, 15) is 4.79 Å². The lowest BCUT2D eigenvalue weighted by atomic mass is 10.2. The molecule has 4 heteroatoms. The minimum absolute atomic E-state index is 0.00576. The summed E-state index contributed by atoms with van der Waals surface area (Å²) < 4.78 is 1.63. The third kappa shape index (κ3) is 1.81. The summed E-state index contributed by atoms with van der Waals surface area (Å²) in [6.07, 6.45) is 1.81. The molecule has 2 rings (SSSR count). The molecule has 2 aromatic rings. The molecule has 0 aliphatic carbocycles. The molecule has 0 amide bonds. The Hall–Kier alpha value is -1.77. The van der Waals surface area contributed by atoms with Crippen LogP contribution in [0.1, 0.15) is 17.3 Å². The summed E-state index contributed by atoms with van der Waals surface area (Å²) in [5.41, 5.74) is 1.90. The minimum Gasteiger partial charge on any atom is -0.287 e. The Kier molecular flexibility index (Phi) is 2.95. The van der Waals surface area contributed by atoms with E-state index in [4.69, 9.17) is 0 Å². The summed E-state index contributed by atoms with van der Waals surface area (Å²) in [6, 6.07) is 7.75. The zero-order valence-electron chi connectivity index (χ0n) is 8.80. The van der Waals surface area contributed by atoms with E-state index in [0.29, 0.717) is 6.54 Å². The monoisotopic (exact) mass is 230 g/mol. The smallest absolute Gasteiger partial charge is 0.227 e. The van der Waals surface area contributed by atoms with Crippen LogP contribution in [0.2, 0.25) is 0 Å². The van der Waals surface area contributed by atoms with E-state index in [-0.39, 0.29) is 5.91 Å². The van der Waals surface area contributed by atoms with Crippen molar-refractivity contribution in [2.24, 2.45) is 4.99 Å². The number of hydrogen-bond acceptors (Lipinski definition) is 3. The number of nitrogens with zero attached hydrogens (tertiary/aromatic N) is 2. The standard InChI is InChI=1S/C12H10N2OS/c1-9(15)14-7-10(6-13-8-16)11-4-2-3-5-12(11)14/h2-5,7H,6H2,1H3. The molecule has 0 saturated carbocycles. The van der Waals surface area contributed by atoms with E-state index >= 15 is 0 Å². The summed E-state index contributed by atoms with van der Waals surface area (Å²) in [6.45, 7) is 2.00. The summed E-state index contributed by atoms with van der Waals surface area (Å²) >= 11 is 4.54. The number of thiocarbonyl (C=S) groups is 1. The molecule has 0 aliphatic rings. The molecule has 16 heavy (non-hydrogen) atoms. The van der Waals surface area contributed by atoms with Crippen LogP contribution in [-0.4, -0.2) is 15.6 Å². The maximum Gasteiger partial charge on any atom is 0.227 e. The second kappa shape index (κ2) is 4.39. The van der Waals surface area contributed by atoms with Gasteiger partial charge in [0, 0.05) is 24.1 Å².